The average Bonchev–Trinajstić information content (AvgIpc) is 2.69. The normalized spacial score (nSPS) is 10.9. The van der Waals surface area contributed by atoms with Crippen LogP contribution in [0.5, 0.6) is 0 Å². The third-order valence-corrected chi connectivity index (χ3v) is 3.10. The minimum atomic E-state index is 0.488. The van der Waals surface area contributed by atoms with Crippen molar-refractivity contribution >= 4 is 11.3 Å². The van der Waals surface area contributed by atoms with Gasteiger partial charge >= 0.3 is 0 Å². The van der Waals surface area contributed by atoms with E-state index in [9.17, 15) is 0 Å². The van der Waals surface area contributed by atoms with E-state index in [1.165, 1.54) is 16.8 Å². The van der Waals surface area contributed by atoms with Crippen molar-refractivity contribution in [2.24, 2.45) is 0 Å². The Morgan fingerprint density at radius 1 is 1.20 bits per heavy atom. The van der Waals surface area contributed by atoms with Gasteiger partial charge in [-0.1, -0.05) is 13.8 Å². The van der Waals surface area contributed by atoms with E-state index in [2.05, 4.69) is 54.7 Å². The third-order valence-electron chi connectivity index (χ3n) is 2.42. The molecule has 0 aliphatic heterocycles. The van der Waals surface area contributed by atoms with Crippen molar-refractivity contribution in [2.45, 2.75) is 26.7 Å². The summed E-state index contributed by atoms with van der Waals surface area (Å²) >= 11 is 1.73. The Balaban J connectivity index is 2.49. The molecule has 1 nitrogen and oxygen atoms in total. The van der Waals surface area contributed by atoms with Gasteiger partial charge in [-0.15, -0.1) is 0 Å². The predicted octanol–water partition coefficient (Wildman–Crippen LogP) is 4.24. The molecule has 2 heterocycles. The van der Waals surface area contributed by atoms with Crippen LogP contribution < -0.4 is 0 Å². The van der Waals surface area contributed by atoms with Crippen LogP contribution in [-0.4, -0.2) is 4.98 Å². The second-order valence-corrected chi connectivity index (χ2v) is 4.87. The smallest absolute Gasteiger partial charge is 0.0438 e. The molecule has 2 heteroatoms. The zero-order valence-electron chi connectivity index (χ0n) is 9.32. The fourth-order valence-corrected chi connectivity index (χ4v) is 2.25. The highest BCUT2D eigenvalue weighted by Gasteiger charge is 2.05. The highest BCUT2D eigenvalue weighted by Crippen LogP contribution is 2.25. The zero-order chi connectivity index (χ0) is 10.8. The van der Waals surface area contributed by atoms with Crippen LogP contribution in [0.15, 0.2) is 29.0 Å². The highest BCUT2D eigenvalue weighted by atomic mass is 32.1. The summed E-state index contributed by atoms with van der Waals surface area (Å²) in [6.07, 6.45) is 0. The van der Waals surface area contributed by atoms with Crippen molar-refractivity contribution < 1.29 is 0 Å². The van der Waals surface area contributed by atoms with Gasteiger partial charge in [0.05, 0.1) is 0 Å². The van der Waals surface area contributed by atoms with E-state index in [4.69, 9.17) is 0 Å². The van der Waals surface area contributed by atoms with Crippen LogP contribution in [0.2, 0.25) is 0 Å². The monoisotopic (exact) mass is 217 g/mol. The largest absolute Gasteiger partial charge is 0.258 e. The van der Waals surface area contributed by atoms with Crippen molar-refractivity contribution in [1.82, 2.24) is 4.98 Å². The number of rotatable bonds is 2. The van der Waals surface area contributed by atoms with Gasteiger partial charge < -0.3 is 0 Å². The molecule has 0 saturated heterocycles. The number of thiophene rings is 1. The second-order valence-electron chi connectivity index (χ2n) is 4.09. The van der Waals surface area contributed by atoms with Crippen molar-refractivity contribution in [3.63, 3.8) is 0 Å². The molecule has 0 aromatic carbocycles. The molecule has 2 aromatic heterocycles. The van der Waals surface area contributed by atoms with Crippen LogP contribution in [0.25, 0.3) is 11.1 Å². The van der Waals surface area contributed by atoms with Gasteiger partial charge in [-0.05, 0) is 52.9 Å². The summed E-state index contributed by atoms with van der Waals surface area (Å²) in [6, 6.07) is 6.50. The highest BCUT2D eigenvalue weighted by molar-refractivity contribution is 7.08. The summed E-state index contributed by atoms with van der Waals surface area (Å²) in [7, 11) is 0. The van der Waals surface area contributed by atoms with Crippen LogP contribution in [-0.2, 0) is 0 Å². The molecule has 0 spiro atoms. The molecule has 0 unspecified atom stereocenters. The molecule has 0 fully saturated rings. The lowest BCUT2D eigenvalue weighted by Crippen LogP contribution is -1.95. The van der Waals surface area contributed by atoms with Gasteiger partial charge in [0, 0.05) is 11.4 Å². The maximum atomic E-state index is 4.55. The Kier molecular flexibility index (Phi) is 2.87. The van der Waals surface area contributed by atoms with Gasteiger partial charge in [0.1, 0.15) is 0 Å². The number of nitrogens with zero attached hydrogens (tertiary/aromatic N) is 1. The molecule has 0 aliphatic carbocycles. The summed E-state index contributed by atoms with van der Waals surface area (Å²) in [4.78, 5) is 4.55. The van der Waals surface area contributed by atoms with E-state index in [1.807, 2.05) is 0 Å². The van der Waals surface area contributed by atoms with Crippen molar-refractivity contribution in [1.29, 1.82) is 0 Å². The summed E-state index contributed by atoms with van der Waals surface area (Å²) in [5.41, 5.74) is 4.86. The van der Waals surface area contributed by atoms with Gasteiger partial charge in [0.15, 0.2) is 0 Å². The number of aromatic nitrogens is 1. The van der Waals surface area contributed by atoms with E-state index in [1.54, 1.807) is 11.3 Å². The Labute approximate surface area is 94.8 Å². The van der Waals surface area contributed by atoms with E-state index < -0.39 is 0 Å². The van der Waals surface area contributed by atoms with Gasteiger partial charge in [-0.2, -0.15) is 11.3 Å². The first-order valence-electron chi connectivity index (χ1n) is 5.18. The van der Waals surface area contributed by atoms with E-state index in [-0.39, 0.29) is 0 Å². The molecule has 78 valence electrons. The molecular formula is C13H15NS. The number of aryl methyl sites for hydroxylation is 1. The molecule has 15 heavy (non-hydrogen) atoms. The van der Waals surface area contributed by atoms with Gasteiger partial charge in [0.25, 0.3) is 0 Å². The first-order chi connectivity index (χ1) is 7.16. The van der Waals surface area contributed by atoms with Crippen LogP contribution in [0.3, 0.4) is 0 Å². The molecule has 0 bridgehead atoms. The fourth-order valence-electron chi connectivity index (χ4n) is 1.59. The first kappa shape index (κ1) is 10.4. The van der Waals surface area contributed by atoms with Gasteiger partial charge in [-0.3, -0.25) is 4.98 Å². The number of pyridine rings is 1. The summed E-state index contributed by atoms with van der Waals surface area (Å²) < 4.78 is 0. The minimum Gasteiger partial charge on any atom is -0.258 e. The van der Waals surface area contributed by atoms with Crippen LogP contribution in [0, 0.1) is 6.92 Å². The third kappa shape index (κ3) is 2.26. The first-order valence-corrected chi connectivity index (χ1v) is 6.12. The molecule has 0 radical (unpaired) electrons. The van der Waals surface area contributed by atoms with Crippen LogP contribution in [0.4, 0.5) is 0 Å². The van der Waals surface area contributed by atoms with Gasteiger partial charge in [0.2, 0.25) is 0 Å². The standard InChI is InChI=1S/C13H15NS/c1-9(2)13-7-12(6-10(3)14-13)11-4-5-15-8-11/h4-9H,1-3H3. The topological polar surface area (TPSA) is 12.9 Å². The quantitative estimate of drug-likeness (QED) is 0.733. The maximum absolute atomic E-state index is 4.55. The lowest BCUT2D eigenvalue weighted by molar-refractivity contribution is 0.816. The van der Waals surface area contributed by atoms with Gasteiger partial charge in [-0.25, -0.2) is 0 Å². The van der Waals surface area contributed by atoms with Crippen LogP contribution in [0.1, 0.15) is 31.2 Å². The lowest BCUT2D eigenvalue weighted by atomic mass is 10.0. The minimum absolute atomic E-state index is 0.488. The van der Waals surface area contributed by atoms with E-state index in [0.29, 0.717) is 5.92 Å². The fraction of sp³-hybridized carbons (Fsp3) is 0.308. The van der Waals surface area contributed by atoms with E-state index >= 15 is 0 Å². The molecule has 0 N–H and O–H groups in total. The Hall–Kier alpha value is -1.15. The Morgan fingerprint density at radius 2 is 2.00 bits per heavy atom. The average molecular weight is 217 g/mol. The predicted molar refractivity (Wildman–Crippen MR) is 66.4 cm³/mol. The van der Waals surface area contributed by atoms with Crippen molar-refractivity contribution in [3.8, 4) is 11.1 Å². The Morgan fingerprint density at radius 3 is 2.60 bits per heavy atom. The molecule has 2 aromatic rings. The van der Waals surface area contributed by atoms with E-state index in [0.717, 1.165) is 5.69 Å². The van der Waals surface area contributed by atoms with Crippen molar-refractivity contribution in [2.75, 3.05) is 0 Å². The zero-order valence-corrected chi connectivity index (χ0v) is 10.1. The lowest BCUT2D eigenvalue weighted by Gasteiger charge is -2.08. The SMILES string of the molecule is Cc1cc(-c2ccsc2)cc(C(C)C)n1. The summed E-state index contributed by atoms with van der Waals surface area (Å²) in [5.74, 6) is 0.488. The molecular weight excluding hydrogens is 202 g/mol. The number of hydrogen-bond donors (Lipinski definition) is 0. The van der Waals surface area contributed by atoms with Crippen molar-refractivity contribution in [3.05, 3.63) is 40.3 Å². The molecule has 0 saturated carbocycles. The Bertz CT molecular complexity index is 444. The summed E-state index contributed by atoms with van der Waals surface area (Å²) in [5, 5.41) is 4.29. The molecule has 0 amide bonds. The molecule has 0 atom stereocenters. The van der Waals surface area contributed by atoms with Crippen LogP contribution >= 0.6 is 11.3 Å². The second kappa shape index (κ2) is 4.15. The molecule has 0 aliphatic rings. The number of hydrogen-bond acceptors (Lipinski definition) is 2. The molecule has 2 rings (SSSR count). The maximum Gasteiger partial charge on any atom is 0.0438 e. The summed E-state index contributed by atoms with van der Waals surface area (Å²) in [6.45, 7) is 6.42.